The van der Waals surface area contributed by atoms with Gasteiger partial charge in [-0.1, -0.05) is 31.4 Å². The van der Waals surface area contributed by atoms with E-state index in [1.807, 2.05) is 4.72 Å². The molecule has 0 spiro atoms. The van der Waals surface area contributed by atoms with Crippen molar-refractivity contribution in [2.24, 2.45) is 5.92 Å². The molecule has 0 saturated heterocycles. The number of carbonyl (C=O) groups excluding carboxylic acids is 4. The molecular formula is C26H32N4O7S. The van der Waals surface area contributed by atoms with Gasteiger partial charge in [-0.05, 0) is 55.0 Å². The highest BCUT2D eigenvalue weighted by molar-refractivity contribution is 7.90. The van der Waals surface area contributed by atoms with Gasteiger partial charge in [0.1, 0.15) is 12.2 Å². The molecule has 1 aliphatic carbocycles. The van der Waals surface area contributed by atoms with Crippen molar-refractivity contribution in [2.45, 2.75) is 49.8 Å². The first kappa shape index (κ1) is 28.8. The lowest BCUT2D eigenvalue weighted by molar-refractivity contribution is -0.139. The second kappa shape index (κ2) is 13.7. The molecule has 2 aromatic rings. The number of rotatable bonds is 11. The fourth-order valence-electron chi connectivity index (χ4n) is 4.16. The predicted molar refractivity (Wildman–Crippen MR) is 138 cm³/mol. The van der Waals surface area contributed by atoms with Gasteiger partial charge in [0.15, 0.2) is 0 Å². The van der Waals surface area contributed by atoms with Gasteiger partial charge in [-0.15, -0.1) is 0 Å². The van der Waals surface area contributed by atoms with Gasteiger partial charge >= 0.3 is 5.97 Å². The number of benzene rings is 1. The van der Waals surface area contributed by atoms with Crippen molar-refractivity contribution in [1.82, 2.24) is 20.3 Å². The molecule has 1 aromatic heterocycles. The highest BCUT2D eigenvalue weighted by Crippen LogP contribution is 2.26. The first-order valence-electron chi connectivity index (χ1n) is 12.4. The van der Waals surface area contributed by atoms with Crippen molar-refractivity contribution in [3.8, 4) is 0 Å². The first-order valence-corrected chi connectivity index (χ1v) is 13.9. The number of hydrogen-bond acceptors (Lipinski definition) is 8. The van der Waals surface area contributed by atoms with Crippen LogP contribution < -0.4 is 15.4 Å². The Balaban J connectivity index is 1.53. The van der Waals surface area contributed by atoms with Crippen LogP contribution in [0.1, 0.15) is 64.9 Å². The highest BCUT2D eigenvalue weighted by atomic mass is 32.2. The summed E-state index contributed by atoms with van der Waals surface area (Å²) in [7, 11) is -3.00. The zero-order chi connectivity index (χ0) is 27.5. The molecule has 0 atom stereocenters. The topological polar surface area (TPSA) is 161 Å². The number of esters is 1. The minimum Gasteiger partial charge on any atom is -0.468 e. The number of nitrogens with zero attached hydrogens (tertiary/aromatic N) is 1. The summed E-state index contributed by atoms with van der Waals surface area (Å²) in [6.45, 7) is 0.0377. The molecule has 204 valence electrons. The molecule has 0 unspecified atom stereocenters. The first-order chi connectivity index (χ1) is 18.2. The molecular weight excluding hydrogens is 512 g/mol. The summed E-state index contributed by atoms with van der Waals surface area (Å²) in [5.41, 5.74) is 0.559. The maximum absolute atomic E-state index is 12.8. The number of ether oxygens (including phenoxy) is 1. The Hall–Kier alpha value is -3.80. The van der Waals surface area contributed by atoms with Crippen molar-refractivity contribution >= 4 is 33.7 Å². The second-order valence-corrected chi connectivity index (χ2v) is 10.8. The average molecular weight is 545 g/mol. The lowest BCUT2D eigenvalue weighted by Gasteiger charge is -2.20. The van der Waals surface area contributed by atoms with Crippen LogP contribution >= 0.6 is 0 Å². The standard InChI is InChI=1S/C26H32N4O7S/c1-37-24(32)17-29-26(34)22-11-10-20(16-28-22)25(33)30-38(35,36)21-9-5-8-19(14-21)12-13-27-23(31)15-18-6-3-2-4-7-18/h5,8-11,14,16,18H,2-4,6-7,12-13,15,17H2,1H3,(H,27,31)(H,29,34)(H,30,33). The van der Waals surface area contributed by atoms with E-state index in [0.717, 1.165) is 19.0 Å². The monoisotopic (exact) mass is 544 g/mol. The Morgan fingerprint density at radius 1 is 1.00 bits per heavy atom. The Morgan fingerprint density at radius 2 is 1.76 bits per heavy atom. The number of carbonyl (C=O) groups is 4. The Labute approximate surface area is 221 Å². The van der Waals surface area contributed by atoms with Crippen LogP contribution in [-0.4, -0.2) is 57.3 Å². The van der Waals surface area contributed by atoms with Crippen LogP contribution in [0.25, 0.3) is 0 Å². The summed E-state index contributed by atoms with van der Waals surface area (Å²) >= 11 is 0. The Kier molecular flexibility index (Phi) is 10.3. The van der Waals surface area contributed by atoms with Crippen LogP contribution in [0.5, 0.6) is 0 Å². The highest BCUT2D eigenvalue weighted by Gasteiger charge is 2.20. The van der Waals surface area contributed by atoms with E-state index in [4.69, 9.17) is 0 Å². The smallest absolute Gasteiger partial charge is 0.325 e. The molecule has 1 aromatic carbocycles. The van der Waals surface area contributed by atoms with Gasteiger partial charge in [0.2, 0.25) is 5.91 Å². The molecule has 0 aliphatic heterocycles. The number of nitrogens with one attached hydrogen (secondary N) is 3. The van der Waals surface area contributed by atoms with E-state index in [2.05, 4.69) is 20.4 Å². The summed E-state index contributed by atoms with van der Waals surface area (Å²) in [6.07, 6.45) is 7.78. The predicted octanol–water partition coefficient (Wildman–Crippen LogP) is 1.73. The van der Waals surface area contributed by atoms with Crippen LogP contribution in [0.15, 0.2) is 47.5 Å². The third-order valence-electron chi connectivity index (χ3n) is 6.25. The molecule has 1 aliphatic rings. The van der Waals surface area contributed by atoms with Gasteiger partial charge in [0.25, 0.3) is 21.8 Å². The van der Waals surface area contributed by atoms with E-state index >= 15 is 0 Å². The van der Waals surface area contributed by atoms with E-state index in [-0.39, 0.29) is 28.6 Å². The van der Waals surface area contributed by atoms with Crippen LogP contribution in [0.2, 0.25) is 0 Å². The molecule has 0 radical (unpaired) electrons. The van der Waals surface area contributed by atoms with Gasteiger partial charge in [-0.3, -0.25) is 24.2 Å². The lowest BCUT2D eigenvalue weighted by atomic mass is 9.87. The number of sulfonamides is 1. The van der Waals surface area contributed by atoms with E-state index < -0.39 is 27.8 Å². The van der Waals surface area contributed by atoms with Crippen molar-refractivity contribution in [3.63, 3.8) is 0 Å². The van der Waals surface area contributed by atoms with Crippen molar-refractivity contribution in [2.75, 3.05) is 20.2 Å². The largest absolute Gasteiger partial charge is 0.468 e. The molecule has 1 saturated carbocycles. The number of aromatic nitrogens is 1. The maximum atomic E-state index is 12.8. The second-order valence-electron chi connectivity index (χ2n) is 9.08. The summed E-state index contributed by atoms with van der Waals surface area (Å²) in [6, 6.07) is 8.63. The summed E-state index contributed by atoms with van der Waals surface area (Å²) < 4.78 is 32.0. The van der Waals surface area contributed by atoms with Gasteiger partial charge in [-0.2, -0.15) is 0 Å². The molecule has 3 amide bonds. The number of methoxy groups -OCH3 is 1. The number of hydrogen-bond donors (Lipinski definition) is 3. The molecule has 1 fully saturated rings. The molecule has 3 N–H and O–H groups in total. The summed E-state index contributed by atoms with van der Waals surface area (Å²) in [4.78, 5) is 51.6. The van der Waals surface area contributed by atoms with E-state index in [0.29, 0.717) is 30.9 Å². The van der Waals surface area contributed by atoms with Crippen LogP contribution in [0, 0.1) is 5.92 Å². The normalized spacial score (nSPS) is 13.8. The van der Waals surface area contributed by atoms with Crippen LogP contribution in [0.3, 0.4) is 0 Å². The third kappa shape index (κ3) is 8.65. The quantitative estimate of drug-likeness (QED) is 0.361. The third-order valence-corrected chi connectivity index (χ3v) is 7.58. The average Bonchev–Trinajstić information content (AvgIpc) is 2.92. The van der Waals surface area contributed by atoms with Crippen molar-refractivity contribution in [1.29, 1.82) is 0 Å². The van der Waals surface area contributed by atoms with Crippen molar-refractivity contribution < 1.29 is 32.3 Å². The fourth-order valence-corrected chi connectivity index (χ4v) is 5.20. The van der Waals surface area contributed by atoms with Gasteiger partial charge < -0.3 is 15.4 Å². The minimum absolute atomic E-state index is 0.00788. The Morgan fingerprint density at radius 3 is 2.45 bits per heavy atom. The molecule has 38 heavy (non-hydrogen) atoms. The zero-order valence-corrected chi connectivity index (χ0v) is 22.0. The van der Waals surface area contributed by atoms with Gasteiger partial charge in [0, 0.05) is 19.2 Å². The van der Waals surface area contributed by atoms with E-state index in [1.165, 1.54) is 50.6 Å². The van der Waals surface area contributed by atoms with E-state index in [9.17, 15) is 27.6 Å². The van der Waals surface area contributed by atoms with Gasteiger partial charge in [-0.25, -0.2) is 13.1 Å². The summed E-state index contributed by atoms with van der Waals surface area (Å²) in [5, 5.41) is 5.21. The summed E-state index contributed by atoms with van der Waals surface area (Å²) in [5.74, 6) is -1.76. The maximum Gasteiger partial charge on any atom is 0.325 e. The molecule has 3 rings (SSSR count). The molecule has 12 heteroatoms. The molecule has 11 nitrogen and oxygen atoms in total. The van der Waals surface area contributed by atoms with Crippen LogP contribution in [-0.2, 0) is 30.8 Å². The van der Waals surface area contributed by atoms with E-state index in [1.54, 1.807) is 12.1 Å². The number of amides is 3. The lowest BCUT2D eigenvalue weighted by Crippen LogP contribution is -2.32. The zero-order valence-electron chi connectivity index (χ0n) is 21.2. The fraction of sp³-hybridized carbons (Fsp3) is 0.423. The minimum atomic E-state index is -4.18. The van der Waals surface area contributed by atoms with Gasteiger partial charge in [0.05, 0.1) is 17.6 Å². The molecule has 1 heterocycles. The number of pyridine rings is 1. The van der Waals surface area contributed by atoms with Crippen LogP contribution in [0.4, 0.5) is 0 Å². The SMILES string of the molecule is COC(=O)CNC(=O)c1ccc(C(=O)NS(=O)(=O)c2cccc(CCNC(=O)CC3CCCCC3)c2)cn1. The molecule has 0 bridgehead atoms. The van der Waals surface area contributed by atoms with Crippen molar-refractivity contribution in [3.05, 3.63) is 59.4 Å². The Bertz CT molecular complexity index is 1260.